The standard InChI is InChI=1S/C21H19N3O5/c25-21(18-10-22-16-3-1-2-4-17(16)23-18)24-7-8-26-15(11-24)12-27-14-5-6-19-20(9-14)29-13-28-19/h1-6,9-10,15H,7-8,11-13H2. The van der Waals surface area contributed by atoms with E-state index in [1.807, 2.05) is 36.4 Å². The van der Waals surface area contributed by atoms with Crippen molar-refractivity contribution in [3.8, 4) is 17.2 Å². The molecule has 2 aromatic carbocycles. The van der Waals surface area contributed by atoms with Crippen LogP contribution in [0.2, 0.25) is 0 Å². The highest BCUT2D eigenvalue weighted by molar-refractivity contribution is 5.93. The summed E-state index contributed by atoms with van der Waals surface area (Å²) in [6, 6.07) is 12.9. The molecule has 2 aliphatic rings. The molecule has 29 heavy (non-hydrogen) atoms. The summed E-state index contributed by atoms with van der Waals surface area (Å²) in [5.41, 5.74) is 1.80. The van der Waals surface area contributed by atoms with Crippen LogP contribution in [0, 0.1) is 0 Å². The van der Waals surface area contributed by atoms with Gasteiger partial charge in [-0.05, 0) is 24.3 Å². The molecule has 5 rings (SSSR count). The fraction of sp³-hybridized carbons (Fsp3) is 0.286. The molecule has 1 amide bonds. The van der Waals surface area contributed by atoms with E-state index in [-0.39, 0.29) is 18.8 Å². The van der Waals surface area contributed by atoms with Gasteiger partial charge in [0.2, 0.25) is 6.79 Å². The molecule has 0 radical (unpaired) electrons. The number of morpholine rings is 1. The Labute approximate surface area is 167 Å². The number of para-hydroxylation sites is 2. The first kappa shape index (κ1) is 17.7. The van der Waals surface area contributed by atoms with Crippen molar-refractivity contribution in [2.24, 2.45) is 0 Å². The molecule has 8 nitrogen and oxygen atoms in total. The fourth-order valence-corrected chi connectivity index (χ4v) is 3.38. The zero-order valence-electron chi connectivity index (χ0n) is 15.6. The number of amides is 1. The van der Waals surface area contributed by atoms with Crippen LogP contribution in [-0.2, 0) is 4.74 Å². The molecule has 1 aromatic heterocycles. The predicted molar refractivity (Wildman–Crippen MR) is 103 cm³/mol. The number of hydrogen-bond acceptors (Lipinski definition) is 7. The highest BCUT2D eigenvalue weighted by Crippen LogP contribution is 2.35. The zero-order valence-corrected chi connectivity index (χ0v) is 15.6. The SMILES string of the molecule is O=C(c1cnc2ccccc2n1)N1CCOC(COc2ccc3c(c2)OCO3)C1. The molecule has 1 saturated heterocycles. The van der Waals surface area contributed by atoms with Crippen LogP contribution in [0.1, 0.15) is 10.5 Å². The minimum atomic E-state index is -0.230. The average Bonchev–Trinajstić information content (AvgIpc) is 3.25. The monoisotopic (exact) mass is 393 g/mol. The van der Waals surface area contributed by atoms with Crippen LogP contribution in [0.15, 0.2) is 48.7 Å². The van der Waals surface area contributed by atoms with Crippen molar-refractivity contribution >= 4 is 16.9 Å². The maximum Gasteiger partial charge on any atom is 0.274 e. The number of carbonyl (C=O) groups is 1. The maximum absolute atomic E-state index is 12.9. The molecule has 148 valence electrons. The number of hydrogen-bond donors (Lipinski definition) is 0. The topological polar surface area (TPSA) is 83.0 Å². The van der Waals surface area contributed by atoms with Crippen molar-refractivity contribution in [3.05, 3.63) is 54.4 Å². The van der Waals surface area contributed by atoms with E-state index in [4.69, 9.17) is 18.9 Å². The molecule has 3 heterocycles. The van der Waals surface area contributed by atoms with E-state index in [1.165, 1.54) is 6.20 Å². The lowest BCUT2D eigenvalue weighted by atomic mass is 10.2. The van der Waals surface area contributed by atoms with Gasteiger partial charge < -0.3 is 23.8 Å². The van der Waals surface area contributed by atoms with Crippen LogP contribution >= 0.6 is 0 Å². The normalized spacial score (nSPS) is 18.1. The Bertz CT molecular complexity index is 1060. The summed E-state index contributed by atoms with van der Waals surface area (Å²) in [6.45, 7) is 1.93. The summed E-state index contributed by atoms with van der Waals surface area (Å²) in [5, 5.41) is 0. The van der Waals surface area contributed by atoms with Gasteiger partial charge in [0.05, 0.1) is 30.4 Å². The predicted octanol–water partition coefficient (Wildman–Crippen LogP) is 2.28. The highest BCUT2D eigenvalue weighted by atomic mass is 16.7. The Kier molecular flexibility index (Phi) is 4.61. The summed E-state index contributed by atoms with van der Waals surface area (Å²) in [5.74, 6) is 1.89. The number of rotatable bonds is 4. The smallest absolute Gasteiger partial charge is 0.274 e. The third-order valence-corrected chi connectivity index (χ3v) is 4.87. The second-order valence-electron chi connectivity index (χ2n) is 6.81. The molecule has 1 atom stereocenters. The summed E-state index contributed by atoms with van der Waals surface area (Å²) >= 11 is 0. The number of ether oxygens (including phenoxy) is 4. The maximum atomic E-state index is 12.9. The molecule has 0 aliphatic carbocycles. The largest absolute Gasteiger partial charge is 0.491 e. The number of nitrogens with zero attached hydrogens (tertiary/aromatic N) is 3. The van der Waals surface area contributed by atoms with Gasteiger partial charge in [0.1, 0.15) is 24.2 Å². The van der Waals surface area contributed by atoms with Crippen molar-refractivity contribution in [1.29, 1.82) is 0 Å². The summed E-state index contributed by atoms with van der Waals surface area (Å²) in [7, 11) is 0. The van der Waals surface area contributed by atoms with Gasteiger partial charge >= 0.3 is 0 Å². The van der Waals surface area contributed by atoms with Crippen molar-refractivity contribution in [2.45, 2.75) is 6.10 Å². The fourth-order valence-electron chi connectivity index (χ4n) is 3.38. The van der Waals surface area contributed by atoms with Gasteiger partial charge in [-0.2, -0.15) is 0 Å². The van der Waals surface area contributed by atoms with Gasteiger partial charge in [0, 0.05) is 12.6 Å². The molecule has 1 fully saturated rings. The molecule has 3 aromatic rings. The lowest BCUT2D eigenvalue weighted by Gasteiger charge is -2.32. The van der Waals surface area contributed by atoms with Crippen LogP contribution in [0.4, 0.5) is 0 Å². The van der Waals surface area contributed by atoms with E-state index in [0.717, 1.165) is 5.52 Å². The summed E-state index contributed by atoms with van der Waals surface area (Å²) < 4.78 is 22.3. The van der Waals surface area contributed by atoms with Gasteiger partial charge in [-0.1, -0.05) is 12.1 Å². The van der Waals surface area contributed by atoms with Gasteiger partial charge in [0.25, 0.3) is 5.91 Å². The Morgan fingerprint density at radius 3 is 2.93 bits per heavy atom. The van der Waals surface area contributed by atoms with Crippen molar-refractivity contribution in [2.75, 3.05) is 33.1 Å². The molecule has 0 bridgehead atoms. The lowest BCUT2D eigenvalue weighted by molar-refractivity contribution is -0.0402. The molecular formula is C21H19N3O5. The minimum absolute atomic E-state index is 0.153. The van der Waals surface area contributed by atoms with Gasteiger partial charge in [-0.3, -0.25) is 9.78 Å². The Morgan fingerprint density at radius 2 is 2.00 bits per heavy atom. The molecule has 2 aliphatic heterocycles. The second kappa shape index (κ2) is 7.56. The molecule has 1 unspecified atom stereocenters. The first-order chi connectivity index (χ1) is 14.3. The summed E-state index contributed by atoms with van der Waals surface area (Å²) in [6.07, 6.45) is 1.30. The number of benzene rings is 2. The van der Waals surface area contributed by atoms with Gasteiger partial charge in [-0.25, -0.2) is 4.98 Å². The van der Waals surface area contributed by atoms with Crippen LogP contribution in [-0.4, -0.2) is 60.0 Å². The van der Waals surface area contributed by atoms with E-state index >= 15 is 0 Å². The van der Waals surface area contributed by atoms with E-state index in [1.54, 1.807) is 11.0 Å². The first-order valence-electron chi connectivity index (χ1n) is 9.41. The third kappa shape index (κ3) is 3.66. The van der Waals surface area contributed by atoms with Crippen LogP contribution in [0.25, 0.3) is 11.0 Å². The Balaban J connectivity index is 1.23. The average molecular weight is 393 g/mol. The van der Waals surface area contributed by atoms with E-state index in [9.17, 15) is 4.79 Å². The van der Waals surface area contributed by atoms with Crippen LogP contribution in [0.5, 0.6) is 17.2 Å². The number of carbonyl (C=O) groups excluding carboxylic acids is 1. The molecule has 0 spiro atoms. The van der Waals surface area contributed by atoms with E-state index in [2.05, 4.69) is 9.97 Å². The molecule has 8 heteroatoms. The zero-order chi connectivity index (χ0) is 19.6. The highest BCUT2D eigenvalue weighted by Gasteiger charge is 2.27. The Morgan fingerprint density at radius 1 is 1.14 bits per heavy atom. The second-order valence-corrected chi connectivity index (χ2v) is 6.81. The van der Waals surface area contributed by atoms with E-state index in [0.29, 0.717) is 54.8 Å². The van der Waals surface area contributed by atoms with Crippen LogP contribution in [0.3, 0.4) is 0 Å². The molecule has 0 N–H and O–H groups in total. The number of aromatic nitrogens is 2. The van der Waals surface area contributed by atoms with Crippen LogP contribution < -0.4 is 14.2 Å². The van der Waals surface area contributed by atoms with Crippen molar-refractivity contribution < 1.29 is 23.7 Å². The van der Waals surface area contributed by atoms with Gasteiger partial charge in [0.15, 0.2) is 11.5 Å². The Hall–Kier alpha value is -3.39. The van der Waals surface area contributed by atoms with Crippen molar-refractivity contribution in [1.82, 2.24) is 14.9 Å². The van der Waals surface area contributed by atoms with E-state index < -0.39 is 0 Å². The van der Waals surface area contributed by atoms with Gasteiger partial charge in [-0.15, -0.1) is 0 Å². The molecular weight excluding hydrogens is 374 g/mol. The van der Waals surface area contributed by atoms with Crippen molar-refractivity contribution in [3.63, 3.8) is 0 Å². The quantitative estimate of drug-likeness (QED) is 0.672. The minimum Gasteiger partial charge on any atom is -0.491 e. The summed E-state index contributed by atoms with van der Waals surface area (Å²) in [4.78, 5) is 23.4. The molecule has 0 saturated carbocycles. The first-order valence-corrected chi connectivity index (χ1v) is 9.41. The number of fused-ring (bicyclic) bond motifs is 2. The third-order valence-electron chi connectivity index (χ3n) is 4.87. The lowest BCUT2D eigenvalue weighted by Crippen LogP contribution is -2.47.